The summed E-state index contributed by atoms with van der Waals surface area (Å²) in [5.41, 5.74) is 0.812. The van der Waals surface area contributed by atoms with E-state index < -0.39 is 12.1 Å². The number of rotatable bonds is 19. The van der Waals surface area contributed by atoms with Gasteiger partial charge >= 0.3 is 12.1 Å². The van der Waals surface area contributed by atoms with Gasteiger partial charge in [0, 0.05) is 31.5 Å². The van der Waals surface area contributed by atoms with Gasteiger partial charge in [0.15, 0.2) is 5.78 Å². The van der Waals surface area contributed by atoms with Crippen LogP contribution in [0, 0.1) is 11.3 Å². The number of ketones is 1. The zero-order valence-electron chi connectivity index (χ0n) is 22.4. The van der Waals surface area contributed by atoms with E-state index in [-0.39, 0.29) is 23.7 Å². The molecule has 0 aliphatic heterocycles. The van der Waals surface area contributed by atoms with Crippen LogP contribution < -0.4 is 10.6 Å². The molecule has 0 rings (SSSR count). The monoisotopic (exact) mass is 494 g/mol. The first-order valence-electron chi connectivity index (χ1n) is 12.5. The molecule has 0 aromatic carbocycles. The molecule has 200 valence electrons. The van der Waals surface area contributed by atoms with Crippen molar-refractivity contribution in [2.45, 2.75) is 86.0 Å². The maximum Gasteiger partial charge on any atom is 0.407 e. The largest absolute Gasteiger partial charge is 0.462 e. The van der Waals surface area contributed by atoms with E-state index >= 15 is 0 Å². The van der Waals surface area contributed by atoms with Crippen molar-refractivity contribution in [1.29, 1.82) is 0 Å². The second kappa shape index (κ2) is 17.7. The Morgan fingerprint density at radius 2 is 1.46 bits per heavy atom. The summed E-state index contributed by atoms with van der Waals surface area (Å²) in [6, 6.07) is 0. The summed E-state index contributed by atoms with van der Waals surface area (Å²) >= 11 is 0. The van der Waals surface area contributed by atoms with E-state index in [1.807, 2.05) is 0 Å². The highest BCUT2D eigenvalue weighted by Gasteiger charge is 2.22. The molecule has 0 aliphatic rings. The number of Topliss-reactive ketones (excluding diaryl/α,β-unsaturated/α-hetero) is 1. The molecule has 0 spiro atoms. The van der Waals surface area contributed by atoms with Gasteiger partial charge in [-0.05, 0) is 69.3 Å². The third kappa shape index (κ3) is 18.4. The van der Waals surface area contributed by atoms with Crippen molar-refractivity contribution in [1.82, 2.24) is 10.6 Å². The van der Waals surface area contributed by atoms with Gasteiger partial charge in [0.1, 0.15) is 0 Å². The number of nitrogens with one attached hydrogen (secondary N) is 2. The number of unbranched alkanes of at least 4 members (excludes halogenated alkanes) is 2. The van der Waals surface area contributed by atoms with Crippen LogP contribution in [0.1, 0.15) is 86.0 Å². The average molecular weight is 495 g/mol. The highest BCUT2D eigenvalue weighted by atomic mass is 16.5. The molecular weight excluding hydrogens is 448 g/mol. The average Bonchev–Trinajstić information content (AvgIpc) is 2.76. The van der Waals surface area contributed by atoms with Crippen LogP contribution in [0.5, 0.6) is 0 Å². The second-order valence-electron chi connectivity index (χ2n) is 10.1. The predicted molar refractivity (Wildman–Crippen MR) is 138 cm³/mol. The number of alkyl carbamates (subject to hydrolysis) is 1. The number of esters is 1. The van der Waals surface area contributed by atoms with Crippen molar-refractivity contribution in [2.75, 3.05) is 26.3 Å². The lowest BCUT2D eigenvalue weighted by Crippen LogP contribution is -2.36. The maximum absolute atomic E-state index is 12.0. The maximum atomic E-state index is 12.0. The van der Waals surface area contributed by atoms with Gasteiger partial charge in [-0.3, -0.25) is 9.59 Å². The molecule has 1 atom stereocenters. The van der Waals surface area contributed by atoms with Gasteiger partial charge < -0.3 is 20.1 Å². The van der Waals surface area contributed by atoms with E-state index in [1.54, 1.807) is 13.8 Å². The normalized spacial score (nSPS) is 11.8. The van der Waals surface area contributed by atoms with Crippen LogP contribution >= 0.6 is 0 Å². The molecule has 0 bridgehead atoms. The Morgan fingerprint density at radius 3 is 2.06 bits per heavy atom. The Morgan fingerprint density at radius 1 is 0.857 bits per heavy atom. The third-order valence-corrected chi connectivity index (χ3v) is 5.46. The standard InChI is InChI=1S/C27H46N2O6/c1-20(2)23(30)12-8-10-17-35-26(33)29-19-27(6,7)18-22(5)14-15-28-24(31)13-9-11-16-34-25(32)21(3)4/h22H,1,3,8-19H2,2,4-7H3,(H,28,31)(H,29,33). The molecule has 0 aromatic heterocycles. The lowest BCUT2D eigenvalue weighted by molar-refractivity contribution is -0.139. The predicted octanol–water partition coefficient (Wildman–Crippen LogP) is 4.88. The van der Waals surface area contributed by atoms with Gasteiger partial charge in [0.05, 0.1) is 13.2 Å². The number of carbonyl (C=O) groups is 4. The fourth-order valence-corrected chi connectivity index (χ4v) is 3.47. The number of hydrogen-bond acceptors (Lipinski definition) is 6. The summed E-state index contributed by atoms with van der Waals surface area (Å²) in [4.78, 5) is 46.7. The Kier molecular flexibility index (Phi) is 16.4. The Hall–Kier alpha value is -2.64. The van der Waals surface area contributed by atoms with Gasteiger partial charge in [-0.15, -0.1) is 0 Å². The highest BCUT2D eigenvalue weighted by Crippen LogP contribution is 2.26. The zero-order valence-corrected chi connectivity index (χ0v) is 22.4. The molecule has 2 N–H and O–H groups in total. The zero-order chi connectivity index (χ0) is 26.9. The van der Waals surface area contributed by atoms with Gasteiger partial charge in [-0.1, -0.05) is 33.9 Å². The summed E-state index contributed by atoms with van der Waals surface area (Å²) in [7, 11) is 0. The summed E-state index contributed by atoms with van der Waals surface area (Å²) < 4.78 is 10.2. The Labute approximate surface area is 211 Å². The number of ether oxygens (including phenoxy) is 2. The number of allylic oxidation sites excluding steroid dienone is 1. The van der Waals surface area contributed by atoms with Gasteiger partial charge in [-0.25, -0.2) is 9.59 Å². The second-order valence-corrected chi connectivity index (χ2v) is 10.1. The van der Waals surface area contributed by atoms with E-state index in [2.05, 4.69) is 44.6 Å². The molecular formula is C27H46N2O6. The van der Waals surface area contributed by atoms with Crippen LogP contribution in [0.25, 0.3) is 0 Å². The topological polar surface area (TPSA) is 111 Å². The lowest BCUT2D eigenvalue weighted by Gasteiger charge is -2.28. The van der Waals surface area contributed by atoms with Gasteiger partial charge in [0.25, 0.3) is 0 Å². The van der Waals surface area contributed by atoms with E-state index in [4.69, 9.17) is 9.47 Å². The van der Waals surface area contributed by atoms with Crippen LogP contribution in [0.2, 0.25) is 0 Å². The van der Waals surface area contributed by atoms with E-state index in [1.165, 1.54) is 0 Å². The molecule has 0 aliphatic carbocycles. The molecule has 0 saturated heterocycles. The molecule has 8 nitrogen and oxygen atoms in total. The molecule has 1 unspecified atom stereocenters. The van der Waals surface area contributed by atoms with Crippen molar-refractivity contribution in [3.05, 3.63) is 24.3 Å². The van der Waals surface area contributed by atoms with Crippen molar-refractivity contribution in [3.63, 3.8) is 0 Å². The molecule has 35 heavy (non-hydrogen) atoms. The van der Waals surface area contributed by atoms with Gasteiger partial charge in [-0.2, -0.15) is 0 Å². The SMILES string of the molecule is C=C(C)C(=O)CCCCOC(=O)NCC(C)(C)CC(C)CCNC(=O)CCCCOC(=O)C(=C)C. The third-order valence-electron chi connectivity index (χ3n) is 5.46. The molecule has 0 aromatic rings. The minimum absolute atomic E-state index is 0.00362. The lowest BCUT2D eigenvalue weighted by atomic mass is 9.82. The molecule has 0 fully saturated rings. The Balaban J connectivity index is 3.91. The molecule has 2 amide bonds. The molecule has 0 heterocycles. The van der Waals surface area contributed by atoms with Crippen LogP contribution in [-0.4, -0.2) is 50.1 Å². The van der Waals surface area contributed by atoms with Crippen molar-refractivity contribution in [3.8, 4) is 0 Å². The quantitative estimate of drug-likeness (QED) is 0.150. The summed E-state index contributed by atoms with van der Waals surface area (Å²) in [6.07, 6.45) is 4.73. The Bertz CT molecular complexity index is 729. The number of hydrogen-bond donors (Lipinski definition) is 2. The highest BCUT2D eigenvalue weighted by molar-refractivity contribution is 5.94. The van der Waals surface area contributed by atoms with Gasteiger partial charge in [0.2, 0.25) is 5.91 Å². The van der Waals surface area contributed by atoms with E-state index in [0.29, 0.717) is 75.3 Å². The summed E-state index contributed by atoms with van der Waals surface area (Å²) in [5, 5.41) is 5.76. The van der Waals surface area contributed by atoms with Crippen molar-refractivity contribution in [2.24, 2.45) is 11.3 Å². The first kappa shape index (κ1) is 32.4. The molecule has 0 saturated carbocycles. The summed E-state index contributed by atoms with van der Waals surface area (Å²) in [6.45, 7) is 18.4. The van der Waals surface area contributed by atoms with E-state index in [9.17, 15) is 19.2 Å². The number of amides is 2. The number of carbonyl (C=O) groups excluding carboxylic acids is 4. The molecule has 8 heteroatoms. The van der Waals surface area contributed by atoms with Crippen LogP contribution in [0.15, 0.2) is 24.3 Å². The first-order valence-corrected chi connectivity index (χ1v) is 12.5. The minimum Gasteiger partial charge on any atom is -0.462 e. The van der Waals surface area contributed by atoms with Crippen LogP contribution in [0.4, 0.5) is 4.79 Å². The summed E-state index contributed by atoms with van der Waals surface area (Å²) in [5.74, 6) is 0.0116. The van der Waals surface area contributed by atoms with Crippen molar-refractivity contribution >= 4 is 23.8 Å². The first-order chi connectivity index (χ1) is 16.3. The molecule has 0 radical (unpaired) electrons. The van der Waals surface area contributed by atoms with E-state index in [0.717, 1.165) is 12.8 Å². The smallest absolute Gasteiger partial charge is 0.407 e. The van der Waals surface area contributed by atoms with Crippen LogP contribution in [0.3, 0.4) is 0 Å². The minimum atomic E-state index is -0.446. The van der Waals surface area contributed by atoms with Crippen molar-refractivity contribution < 1.29 is 28.7 Å². The fourth-order valence-electron chi connectivity index (χ4n) is 3.47. The fraction of sp³-hybridized carbons (Fsp3) is 0.704. The van der Waals surface area contributed by atoms with Crippen LogP contribution in [-0.2, 0) is 23.9 Å².